The summed E-state index contributed by atoms with van der Waals surface area (Å²) in [5.41, 5.74) is 3.41. The molecule has 418 valence electrons. The predicted octanol–water partition coefficient (Wildman–Crippen LogP) is 6.19. The number of anilines is 1. The summed E-state index contributed by atoms with van der Waals surface area (Å²) in [5, 5.41) is 20.9. The number of imidazole rings is 1. The van der Waals surface area contributed by atoms with Gasteiger partial charge in [0.1, 0.15) is 30.5 Å². The van der Waals surface area contributed by atoms with Crippen LogP contribution in [0.2, 0.25) is 0 Å². The van der Waals surface area contributed by atoms with E-state index in [-0.39, 0.29) is 81.9 Å². The van der Waals surface area contributed by atoms with Gasteiger partial charge in [-0.1, -0.05) is 74.4 Å². The lowest BCUT2D eigenvalue weighted by atomic mass is 9.89. The van der Waals surface area contributed by atoms with Crippen molar-refractivity contribution in [1.82, 2.24) is 40.2 Å². The number of aliphatic hydroxyl groups is 1. The number of aryl methyl sites for hydroxylation is 1. The lowest BCUT2D eigenvalue weighted by Gasteiger charge is -2.40. The maximum Gasteiger partial charge on any atom is 0.410 e. The van der Waals surface area contributed by atoms with Crippen LogP contribution in [0.15, 0.2) is 91.1 Å². The van der Waals surface area contributed by atoms with Gasteiger partial charge in [-0.05, 0) is 86.8 Å². The van der Waals surface area contributed by atoms with E-state index in [1.807, 2.05) is 41.8 Å². The number of carbonyl (C=O) groups excluding carboxylic acids is 7. The topological polar surface area (TPSA) is 234 Å². The van der Waals surface area contributed by atoms with Crippen molar-refractivity contribution in [3.63, 3.8) is 0 Å². The van der Waals surface area contributed by atoms with Gasteiger partial charge in [-0.2, -0.15) is 0 Å². The SMILES string of the molecule is Cc1ccc(F)c(-c2cn(Cc3ccccc3)c(C(C3CCOCC3)N(CC3CN(C(=O)OCc4ccc(NC(=O)CNC(=O)C(NC(=O)CCCCCN5C(=O)C=CC5=O)C(C)C)cc4)CC3F)C(=O)NC(C)CO)n2)c1. The molecule has 5 N–H and O–H groups in total. The van der Waals surface area contributed by atoms with E-state index in [2.05, 4.69) is 21.3 Å². The number of likely N-dealkylation sites (tertiary alicyclic amines) is 1. The van der Waals surface area contributed by atoms with Crippen LogP contribution in [0.3, 0.4) is 0 Å². The second-order valence-electron chi connectivity index (χ2n) is 20.6. The molecule has 2 saturated heterocycles. The van der Waals surface area contributed by atoms with Gasteiger partial charge in [-0.25, -0.2) is 23.4 Å². The third kappa shape index (κ3) is 15.8. The number of rotatable bonds is 24. The molecule has 0 aliphatic carbocycles. The maximum absolute atomic E-state index is 16.4. The highest BCUT2D eigenvalue weighted by Gasteiger charge is 2.43. The predicted molar refractivity (Wildman–Crippen MR) is 285 cm³/mol. The van der Waals surface area contributed by atoms with Gasteiger partial charge in [0.2, 0.25) is 17.7 Å². The van der Waals surface area contributed by atoms with Gasteiger partial charge in [0, 0.05) is 81.3 Å². The fourth-order valence-electron chi connectivity index (χ4n) is 9.81. The number of aliphatic hydroxyl groups excluding tert-OH is 1. The van der Waals surface area contributed by atoms with Crippen molar-refractivity contribution in [3.8, 4) is 11.3 Å². The van der Waals surface area contributed by atoms with Crippen molar-refractivity contribution in [2.75, 3.05) is 57.9 Å². The first-order valence-electron chi connectivity index (χ1n) is 26.7. The molecule has 78 heavy (non-hydrogen) atoms. The number of unbranched alkanes of at least 4 members (excludes halogenated alkanes) is 2. The molecule has 8 amide bonds. The Hall–Kier alpha value is -7.52. The summed E-state index contributed by atoms with van der Waals surface area (Å²) in [6.07, 6.45) is 4.79. The largest absolute Gasteiger partial charge is 0.445 e. The standard InChI is InChI=1S/C57H71F2N9O10/c1-36(2)52(64-48(70)13-9-6-10-24-67-50(72)20-21-51(67)73)55(74)60-28-49(71)62-43-17-15-40(16-18-43)35-78-57(76)66-30-42(46(59)32-66)31-68(56(75)61-38(4)34-69)53(41-22-25-77-26-23-41)54-63-47(44-27-37(3)14-19-45(44)58)33-65(54)29-39-11-7-5-8-12-39/h5,7-8,11-12,14-21,27,33,36,38,41-42,46,52-53,69H,6,9-10,13,22-26,28-32,34-35H2,1-4H3,(H,60,74)(H,61,75)(H,62,71)(H,64,70). The first-order valence-corrected chi connectivity index (χ1v) is 26.7. The molecule has 7 rings (SSSR count). The highest BCUT2D eigenvalue weighted by atomic mass is 19.1. The van der Waals surface area contributed by atoms with Crippen LogP contribution in [0, 0.1) is 30.5 Å². The number of carbonyl (C=O) groups is 7. The molecular formula is C57H71F2N9O10. The smallest absolute Gasteiger partial charge is 0.410 e. The Morgan fingerprint density at radius 1 is 0.885 bits per heavy atom. The number of benzene rings is 3. The molecule has 3 aliphatic rings. The number of amides is 8. The third-order valence-corrected chi connectivity index (χ3v) is 14.1. The lowest BCUT2D eigenvalue weighted by Crippen LogP contribution is -2.51. The van der Waals surface area contributed by atoms with Crippen LogP contribution in [-0.2, 0) is 46.6 Å². The highest BCUT2D eigenvalue weighted by Crippen LogP contribution is 2.39. The van der Waals surface area contributed by atoms with Crippen LogP contribution >= 0.6 is 0 Å². The van der Waals surface area contributed by atoms with Crippen molar-refractivity contribution in [2.45, 2.75) is 104 Å². The van der Waals surface area contributed by atoms with Gasteiger partial charge in [-0.15, -0.1) is 0 Å². The van der Waals surface area contributed by atoms with Gasteiger partial charge in [0.05, 0.1) is 37.5 Å². The summed E-state index contributed by atoms with van der Waals surface area (Å²) in [6, 6.07) is 18.1. The molecule has 5 atom stereocenters. The molecule has 2 fully saturated rings. The second kappa shape index (κ2) is 27.7. The molecule has 0 radical (unpaired) electrons. The highest BCUT2D eigenvalue weighted by molar-refractivity contribution is 6.12. The summed E-state index contributed by atoms with van der Waals surface area (Å²) >= 11 is 0. The Balaban J connectivity index is 0.948. The first-order chi connectivity index (χ1) is 37.5. The zero-order chi connectivity index (χ0) is 55.9. The van der Waals surface area contributed by atoms with Gasteiger partial charge >= 0.3 is 12.1 Å². The van der Waals surface area contributed by atoms with E-state index in [4.69, 9.17) is 14.5 Å². The Bertz CT molecular complexity index is 2750. The lowest BCUT2D eigenvalue weighted by molar-refractivity contribution is -0.137. The molecule has 5 unspecified atom stereocenters. The minimum atomic E-state index is -1.55. The van der Waals surface area contributed by atoms with Gasteiger partial charge in [0.15, 0.2) is 0 Å². The number of imide groups is 1. The monoisotopic (exact) mass is 1080 g/mol. The zero-order valence-corrected chi connectivity index (χ0v) is 44.6. The molecule has 3 aromatic carbocycles. The second-order valence-corrected chi connectivity index (χ2v) is 20.6. The van der Waals surface area contributed by atoms with Crippen LogP contribution in [0.1, 0.15) is 87.9 Å². The average Bonchev–Trinajstić information content (AvgIpc) is 4.24. The van der Waals surface area contributed by atoms with Crippen molar-refractivity contribution in [1.29, 1.82) is 0 Å². The summed E-state index contributed by atoms with van der Waals surface area (Å²) in [7, 11) is 0. The van der Waals surface area contributed by atoms with Crippen LogP contribution < -0.4 is 21.3 Å². The third-order valence-electron chi connectivity index (χ3n) is 14.1. The molecule has 1 aromatic heterocycles. The number of ether oxygens (including phenoxy) is 2. The van der Waals surface area contributed by atoms with Gasteiger partial charge < -0.3 is 50.2 Å². The first kappa shape index (κ1) is 58.2. The summed E-state index contributed by atoms with van der Waals surface area (Å²) in [4.78, 5) is 99.2. The van der Waals surface area contributed by atoms with E-state index in [1.165, 1.54) is 23.1 Å². The van der Waals surface area contributed by atoms with Crippen LogP contribution in [0.4, 0.5) is 24.1 Å². The molecule has 0 spiro atoms. The Kier molecular flexibility index (Phi) is 20.6. The quantitative estimate of drug-likeness (QED) is 0.0392. The van der Waals surface area contributed by atoms with Crippen molar-refractivity contribution < 1.29 is 56.9 Å². The number of alkyl halides is 1. The number of urea groups is 1. The molecule has 0 bridgehead atoms. The van der Waals surface area contributed by atoms with E-state index in [1.54, 1.807) is 68.3 Å². The Morgan fingerprint density at radius 3 is 2.29 bits per heavy atom. The number of nitrogens with one attached hydrogen (secondary N) is 4. The molecule has 4 aromatic rings. The number of hydrogen-bond acceptors (Lipinski definition) is 11. The normalized spacial score (nSPS) is 17.7. The van der Waals surface area contributed by atoms with Crippen molar-refractivity contribution in [3.05, 3.63) is 119 Å². The van der Waals surface area contributed by atoms with E-state index in [0.29, 0.717) is 80.2 Å². The van der Waals surface area contributed by atoms with Crippen LogP contribution in [0.25, 0.3) is 11.3 Å². The number of aromatic nitrogens is 2. The molecule has 0 saturated carbocycles. The minimum absolute atomic E-state index is 0.0725. The Labute approximate surface area is 453 Å². The maximum atomic E-state index is 16.4. The zero-order valence-electron chi connectivity index (χ0n) is 44.6. The van der Waals surface area contributed by atoms with E-state index in [9.17, 15) is 38.7 Å². The number of halogens is 2. The van der Waals surface area contributed by atoms with Gasteiger partial charge in [-0.3, -0.25) is 28.9 Å². The van der Waals surface area contributed by atoms with Crippen molar-refractivity contribution in [2.24, 2.45) is 17.8 Å². The summed E-state index contributed by atoms with van der Waals surface area (Å²) < 4.78 is 45.2. The molecule has 21 heteroatoms. The summed E-state index contributed by atoms with van der Waals surface area (Å²) in [6.45, 7) is 7.10. The minimum Gasteiger partial charge on any atom is -0.445 e. The van der Waals surface area contributed by atoms with E-state index >= 15 is 8.78 Å². The van der Waals surface area contributed by atoms with Gasteiger partial charge in [0.25, 0.3) is 11.8 Å². The summed E-state index contributed by atoms with van der Waals surface area (Å²) in [5.74, 6) is -3.43. The average molecular weight is 1080 g/mol. The molecule has 3 aliphatic heterocycles. The van der Waals surface area contributed by atoms with Crippen LogP contribution in [0.5, 0.6) is 0 Å². The van der Waals surface area contributed by atoms with E-state index < -0.39 is 60.0 Å². The fraction of sp³-hybridized carbons (Fsp3) is 0.474. The molecule has 4 heterocycles. The Morgan fingerprint density at radius 2 is 1.60 bits per heavy atom. The molecular weight excluding hydrogens is 1010 g/mol. The fourth-order valence-corrected chi connectivity index (χ4v) is 9.81. The van der Waals surface area contributed by atoms with Crippen molar-refractivity contribution >= 4 is 47.3 Å². The number of nitrogens with zero attached hydrogens (tertiary/aromatic N) is 5. The van der Waals surface area contributed by atoms with Crippen LogP contribution in [-0.4, -0.2) is 142 Å². The molecule has 19 nitrogen and oxygen atoms in total. The number of hydrogen-bond donors (Lipinski definition) is 5. The van der Waals surface area contributed by atoms with E-state index in [0.717, 1.165) is 16.0 Å².